The maximum Gasteiger partial charge on any atom is 0.495 e. The first-order valence-electron chi connectivity index (χ1n) is 7.76. The van der Waals surface area contributed by atoms with Gasteiger partial charge in [-0.2, -0.15) is 0 Å². The van der Waals surface area contributed by atoms with Gasteiger partial charge in [-0.1, -0.05) is 30.2 Å². The highest BCUT2D eigenvalue weighted by atomic mass is 19.1. The molecule has 1 aliphatic heterocycles. The molecule has 0 spiro atoms. The van der Waals surface area contributed by atoms with Gasteiger partial charge in [0, 0.05) is 5.39 Å². The Morgan fingerprint density at radius 2 is 1.65 bits per heavy atom. The van der Waals surface area contributed by atoms with Gasteiger partial charge < -0.3 is 9.31 Å². The lowest BCUT2D eigenvalue weighted by Crippen LogP contribution is -2.41. The molecule has 0 N–H and O–H groups in total. The fraction of sp³-hybridized carbons (Fsp3) is 0.368. The van der Waals surface area contributed by atoms with E-state index >= 15 is 0 Å². The Balaban J connectivity index is 2.23. The summed E-state index contributed by atoms with van der Waals surface area (Å²) in [5.41, 5.74) is 0.335. The highest BCUT2D eigenvalue weighted by Crippen LogP contribution is 2.37. The van der Waals surface area contributed by atoms with E-state index in [-0.39, 0.29) is 5.82 Å². The summed E-state index contributed by atoms with van der Waals surface area (Å²) in [6, 6.07) is 9.02. The first-order valence-corrected chi connectivity index (χ1v) is 7.76. The molecule has 2 nitrogen and oxygen atoms in total. The summed E-state index contributed by atoms with van der Waals surface area (Å²) >= 11 is 0. The predicted octanol–water partition coefficient (Wildman–Crippen LogP) is 3.65. The number of hydrogen-bond acceptors (Lipinski definition) is 2. The third-order valence-electron chi connectivity index (χ3n) is 4.78. The van der Waals surface area contributed by atoms with E-state index in [0.717, 1.165) is 16.2 Å². The maximum absolute atomic E-state index is 14.3. The summed E-state index contributed by atoms with van der Waals surface area (Å²) in [6.07, 6.45) is 0. The zero-order chi connectivity index (χ0) is 16.8. The minimum atomic E-state index is -0.539. The molecule has 2 aromatic carbocycles. The molecule has 0 amide bonds. The second-order valence-electron chi connectivity index (χ2n) is 6.83. The number of halogens is 1. The number of rotatable bonds is 1. The van der Waals surface area contributed by atoms with E-state index in [2.05, 4.69) is 11.8 Å². The van der Waals surface area contributed by atoms with Crippen molar-refractivity contribution < 1.29 is 13.7 Å². The first-order chi connectivity index (χ1) is 10.8. The van der Waals surface area contributed by atoms with Crippen LogP contribution in [0.15, 0.2) is 30.3 Å². The average molecular weight is 310 g/mol. The summed E-state index contributed by atoms with van der Waals surface area (Å²) in [5, 5.41) is 1.69. The van der Waals surface area contributed by atoms with Crippen molar-refractivity contribution in [3.05, 3.63) is 41.7 Å². The molecule has 0 aliphatic carbocycles. The third-order valence-corrected chi connectivity index (χ3v) is 4.78. The summed E-state index contributed by atoms with van der Waals surface area (Å²) in [5.74, 6) is 5.36. The molecule has 1 heterocycles. The van der Waals surface area contributed by atoms with Gasteiger partial charge in [0.05, 0.1) is 16.8 Å². The van der Waals surface area contributed by atoms with Gasteiger partial charge >= 0.3 is 7.12 Å². The molecule has 1 saturated heterocycles. The molecule has 4 heteroatoms. The Hall–Kier alpha value is -1.83. The van der Waals surface area contributed by atoms with Crippen molar-refractivity contribution in [2.45, 2.75) is 45.8 Å². The van der Waals surface area contributed by atoms with Gasteiger partial charge in [0.15, 0.2) is 0 Å². The molecule has 1 aliphatic rings. The van der Waals surface area contributed by atoms with Crippen LogP contribution >= 0.6 is 0 Å². The van der Waals surface area contributed by atoms with Crippen LogP contribution in [0, 0.1) is 17.7 Å². The minimum Gasteiger partial charge on any atom is -0.399 e. The molecular weight excluding hydrogens is 290 g/mol. The summed E-state index contributed by atoms with van der Waals surface area (Å²) in [4.78, 5) is 0. The van der Waals surface area contributed by atoms with Gasteiger partial charge in [0.2, 0.25) is 0 Å². The summed E-state index contributed by atoms with van der Waals surface area (Å²) in [6.45, 7) is 9.73. The highest BCUT2D eigenvalue weighted by molar-refractivity contribution is 6.65. The summed E-state index contributed by atoms with van der Waals surface area (Å²) in [7, 11) is -0.539. The Labute approximate surface area is 137 Å². The molecular formula is C19H20BFO2. The monoisotopic (exact) mass is 310 g/mol. The maximum atomic E-state index is 14.3. The van der Waals surface area contributed by atoms with Crippen LogP contribution in [0.4, 0.5) is 4.39 Å². The van der Waals surface area contributed by atoms with Crippen molar-refractivity contribution in [1.29, 1.82) is 0 Å². The fourth-order valence-corrected chi connectivity index (χ4v) is 2.80. The molecule has 1 fully saturated rings. The molecule has 0 saturated carbocycles. The Morgan fingerprint density at radius 3 is 2.26 bits per heavy atom. The van der Waals surface area contributed by atoms with Crippen LogP contribution in [-0.4, -0.2) is 18.3 Å². The van der Waals surface area contributed by atoms with Crippen molar-refractivity contribution in [2.75, 3.05) is 0 Å². The Morgan fingerprint density at radius 1 is 1.00 bits per heavy atom. The van der Waals surface area contributed by atoms with Crippen molar-refractivity contribution >= 4 is 23.4 Å². The van der Waals surface area contributed by atoms with E-state index in [1.807, 2.05) is 45.9 Å². The van der Waals surface area contributed by atoms with E-state index in [0.29, 0.717) is 5.56 Å². The lowest BCUT2D eigenvalue weighted by molar-refractivity contribution is 0.00578. The zero-order valence-corrected chi connectivity index (χ0v) is 14.2. The number of hydrogen-bond donors (Lipinski definition) is 0. The normalized spacial score (nSPS) is 18.8. The van der Waals surface area contributed by atoms with Crippen molar-refractivity contribution in [3.63, 3.8) is 0 Å². The SMILES string of the molecule is CC#Cc1c(F)ccc2cccc(B3OC(C)(C)C(C)(C)O3)c12. The van der Waals surface area contributed by atoms with E-state index in [1.54, 1.807) is 13.0 Å². The first kappa shape index (κ1) is 16.0. The molecule has 0 unspecified atom stereocenters. The number of benzene rings is 2. The van der Waals surface area contributed by atoms with Gasteiger partial charge in [-0.15, -0.1) is 5.92 Å². The van der Waals surface area contributed by atoms with Crippen LogP contribution in [0.2, 0.25) is 0 Å². The van der Waals surface area contributed by atoms with Crippen LogP contribution in [0.25, 0.3) is 10.8 Å². The lowest BCUT2D eigenvalue weighted by Gasteiger charge is -2.32. The van der Waals surface area contributed by atoms with Crippen LogP contribution < -0.4 is 5.46 Å². The minimum absolute atomic E-state index is 0.323. The molecule has 118 valence electrons. The molecule has 23 heavy (non-hydrogen) atoms. The summed E-state index contributed by atoms with van der Waals surface area (Å²) < 4.78 is 26.6. The predicted molar refractivity (Wildman–Crippen MR) is 92.2 cm³/mol. The number of fused-ring (bicyclic) bond motifs is 1. The van der Waals surface area contributed by atoms with Gasteiger partial charge in [-0.25, -0.2) is 4.39 Å². The van der Waals surface area contributed by atoms with Crippen molar-refractivity contribution in [1.82, 2.24) is 0 Å². The van der Waals surface area contributed by atoms with E-state index in [9.17, 15) is 4.39 Å². The van der Waals surface area contributed by atoms with Crippen LogP contribution in [0.5, 0.6) is 0 Å². The van der Waals surface area contributed by atoms with E-state index < -0.39 is 18.3 Å². The smallest absolute Gasteiger partial charge is 0.399 e. The second kappa shape index (κ2) is 5.37. The lowest BCUT2D eigenvalue weighted by atomic mass is 9.75. The largest absolute Gasteiger partial charge is 0.495 e. The molecule has 0 aromatic heterocycles. The van der Waals surface area contributed by atoms with E-state index in [4.69, 9.17) is 9.31 Å². The highest BCUT2D eigenvalue weighted by Gasteiger charge is 2.52. The van der Waals surface area contributed by atoms with Gasteiger partial charge in [0.1, 0.15) is 5.82 Å². The Kier molecular flexibility index (Phi) is 3.75. The van der Waals surface area contributed by atoms with Crippen LogP contribution in [-0.2, 0) is 9.31 Å². The average Bonchev–Trinajstić information content (AvgIpc) is 2.70. The fourth-order valence-electron chi connectivity index (χ4n) is 2.80. The van der Waals surface area contributed by atoms with Crippen LogP contribution in [0.3, 0.4) is 0 Å². The second-order valence-corrected chi connectivity index (χ2v) is 6.83. The van der Waals surface area contributed by atoms with E-state index in [1.165, 1.54) is 6.07 Å². The zero-order valence-electron chi connectivity index (χ0n) is 14.2. The molecule has 3 rings (SSSR count). The Bertz CT molecular complexity index is 814. The van der Waals surface area contributed by atoms with Gasteiger partial charge in [0.25, 0.3) is 0 Å². The quantitative estimate of drug-likeness (QED) is 0.591. The van der Waals surface area contributed by atoms with Gasteiger partial charge in [-0.05, 0) is 51.5 Å². The van der Waals surface area contributed by atoms with Crippen molar-refractivity contribution in [3.8, 4) is 11.8 Å². The molecule has 0 atom stereocenters. The van der Waals surface area contributed by atoms with Gasteiger partial charge in [-0.3, -0.25) is 0 Å². The van der Waals surface area contributed by atoms with Crippen molar-refractivity contribution in [2.24, 2.45) is 0 Å². The molecule has 0 bridgehead atoms. The standard InChI is InChI=1S/C19H20BFO2/c1-6-8-14-16(21)12-11-13-9-7-10-15(17(13)14)20-22-18(2,3)19(4,5)23-20/h7,9-12H,1-5H3. The third kappa shape index (κ3) is 2.54. The topological polar surface area (TPSA) is 18.5 Å². The molecule has 0 radical (unpaired) electrons. The van der Waals surface area contributed by atoms with Crippen LogP contribution in [0.1, 0.15) is 40.2 Å². The molecule has 2 aromatic rings.